The number of ether oxygens (including phenoxy) is 1. The molecule has 0 saturated carbocycles. The van der Waals surface area contributed by atoms with E-state index in [9.17, 15) is 4.79 Å². The van der Waals surface area contributed by atoms with E-state index >= 15 is 0 Å². The summed E-state index contributed by atoms with van der Waals surface area (Å²) in [6, 6.07) is 7.72. The predicted octanol–water partition coefficient (Wildman–Crippen LogP) is 2.38. The quantitative estimate of drug-likeness (QED) is 0.498. The minimum Gasteiger partial charge on any atom is -0.464 e. The molecule has 0 radical (unpaired) electrons. The lowest BCUT2D eigenvalue weighted by atomic mass is 10.1. The van der Waals surface area contributed by atoms with E-state index in [0.29, 0.717) is 0 Å². The van der Waals surface area contributed by atoms with Gasteiger partial charge in [0.15, 0.2) is 0 Å². The van der Waals surface area contributed by atoms with Crippen LogP contribution in [-0.4, -0.2) is 24.8 Å². The molecule has 1 aromatic heterocycles. The first-order valence-corrected chi connectivity index (χ1v) is 5.09. The molecule has 0 amide bonds. The van der Waals surface area contributed by atoms with Gasteiger partial charge in [0, 0.05) is 17.1 Å². The van der Waals surface area contributed by atoms with Crippen molar-refractivity contribution in [3.8, 4) is 0 Å². The molecule has 17 heavy (non-hydrogen) atoms. The van der Waals surface area contributed by atoms with Crippen molar-refractivity contribution in [3.63, 3.8) is 0 Å². The summed E-state index contributed by atoms with van der Waals surface area (Å²) in [5.41, 5.74) is 2.10. The molecule has 86 valence electrons. The first-order valence-electron chi connectivity index (χ1n) is 5.09. The Morgan fingerprint density at radius 3 is 3.00 bits per heavy atom. The topological polar surface area (TPSA) is 54.5 Å². The number of hydrogen-bond acceptors (Lipinski definition) is 3. The highest BCUT2D eigenvalue weighted by Crippen LogP contribution is 2.20. The molecular weight excluding hydrogens is 216 g/mol. The number of aliphatic imine (C=N–C) groups is 1. The fourth-order valence-electron chi connectivity index (χ4n) is 1.66. The number of aromatic amines is 1. The van der Waals surface area contributed by atoms with Crippen molar-refractivity contribution in [3.05, 3.63) is 41.7 Å². The molecule has 0 aliphatic carbocycles. The normalized spacial score (nSPS) is 11.5. The maximum Gasteiger partial charge on any atom is 0.356 e. The summed E-state index contributed by atoms with van der Waals surface area (Å²) in [5, 5.41) is 1.03. The Morgan fingerprint density at radius 2 is 2.29 bits per heavy atom. The smallest absolute Gasteiger partial charge is 0.356 e. The van der Waals surface area contributed by atoms with Crippen LogP contribution in [0, 0.1) is 0 Å². The zero-order chi connectivity index (χ0) is 12.3. The number of benzene rings is 1. The number of aromatic nitrogens is 1. The Labute approximate surface area is 98.6 Å². The van der Waals surface area contributed by atoms with Gasteiger partial charge in [-0.2, -0.15) is 0 Å². The summed E-state index contributed by atoms with van der Waals surface area (Å²) >= 11 is 0. The summed E-state index contributed by atoms with van der Waals surface area (Å²) in [7, 11) is 1.32. The molecule has 2 rings (SSSR count). The van der Waals surface area contributed by atoms with E-state index in [1.165, 1.54) is 7.11 Å². The van der Waals surface area contributed by atoms with Crippen LogP contribution >= 0.6 is 0 Å². The maximum absolute atomic E-state index is 11.4. The molecule has 1 aromatic carbocycles. The number of carbonyl (C=O) groups excluding carboxylic acids is 1. The summed E-state index contributed by atoms with van der Waals surface area (Å²) < 4.78 is 4.62. The van der Waals surface area contributed by atoms with E-state index in [-0.39, 0.29) is 5.70 Å². The standard InChI is InChI=1S/C13H12N2O2/c1-14-12(13(16)17-2)8-9-4-3-5-11-10(9)6-7-15-11/h3-8,15H,1H2,2H3/b12-8-. The molecule has 0 unspecified atom stereocenters. The second-order valence-electron chi connectivity index (χ2n) is 3.47. The number of carbonyl (C=O) groups is 1. The molecular formula is C13H12N2O2. The SMILES string of the molecule is C=N/C(=C\c1cccc2[nH]ccc12)C(=O)OC. The van der Waals surface area contributed by atoms with Crippen LogP contribution in [0.3, 0.4) is 0 Å². The number of methoxy groups -OCH3 is 1. The van der Waals surface area contributed by atoms with Crippen LogP contribution in [0.5, 0.6) is 0 Å². The van der Waals surface area contributed by atoms with Crippen LogP contribution in [-0.2, 0) is 9.53 Å². The van der Waals surface area contributed by atoms with Gasteiger partial charge in [-0.3, -0.25) is 4.99 Å². The minimum absolute atomic E-state index is 0.196. The van der Waals surface area contributed by atoms with Crippen molar-refractivity contribution in [1.29, 1.82) is 0 Å². The first kappa shape index (κ1) is 11.1. The van der Waals surface area contributed by atoms with Gasteiger partial charge in [-0.15, -0.1) is 0 Å². The second-order valence-corrected chi connectivity index (χ2v) is 3.47. The number of H-pyrrole nitrogens is 1. The van der Waals surface area contributed by atoms with Gasteiger partial charge < -0.3 is 9.72 Å². The highest BCUT2D eigenvalue weighted by atomic mass is 16.5. The summed E-state index contributed by atoms with van der Waals surface area (Å²) in [5.74, 6) is -0.493. The predicted molar refractivity (Wildman–Crippen MR) is 67.8 cm³/mol. The average Bonchev–Trinajstić information content (AvgIpc) is 2.83. The number of nitrogens with zero attached hydrogens (tertiary/aromatic N) is 1. The summed E-state index contributed by atoms with van der Waals surface area (Å²) in [6.45, 7) is 3.37. The van der Waals surface area contributed by atoms with Gasteiger partial charge >= 0.3 is 5.97 Å². The Hall–Kier alpha value is -2.36. The number of rotatable bonds is 3. The molecule has 1 heterocycles. The van der Waals surface area contributed by atoms with Crippen LogP contribution in [0.2, 0.25) is 0 Å². The van der Waals surface area contributed by atoms with Crippen molar-refractivity contribution in [2.24, 2.45) is 4.99 Å². The monoisotopic (exact) mass is 228 g/mol. The fraction of sp³-hybridized carbons (Fsp3) is 0.0769. The third kappa shape index (κ3) is 2.10. The highest BCUT2D eigenvalue weighted by Gasteiger charge is 2.08. The van der Waals surface area contributed by atoms with E-state index in [1.54, 1.807) is 6.08 Å². The van der Waals surface area contributed by atoms with E-state index in [2.05, 4.69) is 21.4 Å². The van der Waals surface area contributed by atoms with E-state index in [0.717, 1.165) is 16.5 Å². The van der Waals surface area contributed by atoms with Crippen molar-refractivity contribution < 1.29 is 9.53 Å². The van der Waals surface area contributed by atoms with E-state index in [4.69, 9.17) is 0 Å². The Kier molecular flexibility index (Phi) is 3.05. The van der Waals surface area contributed by atoms with E-state index < -0.39 is 5.97 Å². The number of hydrogen-bond donors (Lipinski definition) is 1. The number of esters is 1. The second kappa shape index (κ2) is 4.65. The molecule has 4 nitrogen and oxygen atoms in total. The van der Waals surface area contributed by atoms with Crippen molar-refractivity contribution in [1.82, 2.24) is 4.98 Å². The van der Waals surface area contributed by atoms with Crippen LogP contribution in [0.25, 0.3) is 17.0 Å². The van der Waals surface area contributed by atoms with Crippen LogP contribution in [0.4, 0.5) is 0 Å². The van der Waals surface area contributed by atoms with Crippen LogP contribution in [0.15, 0.2) is 41.2 Å². The summed E-state index contributed by atoms with van der Waals surface area (Å²) in [6.07, 6.45) is 3.51. The first-order chi connectivity index (χ1) is 8.26. The lowest BCUT2D eigenvalue weighted by Crippen LogP contribution is -2.02. The van der Waals surface area contributed by atoms with Gasteiger partial charge in [-0.1, -0.05) is 12.1 Å². The number of fused-ring (bicyclic) bond motifs is 1. The molecule has 2 aromatic rings. The lowest BCUT2D eigenvalue weighted by molar-refractivity contribution is -0.136. The highest BCUT2D eigenvalue weighted by molar-refractivity contribution is 5.97. The van der Waals surface area contributed by atoms with Gasteiger partial charge in [0.05, 0.1) is 7.11 Å². The van der Waals surface area contributed by atoms with Crippen LogP contribution in [0.1, 0.15) is 5.56 Å². The number of nitrogens with one attached hydrogen (secondary N) is 1. The lowest BCUT2D eigenvalue weighted by Gasteiger charge is -2.00. The Balaban J connectivity index is 2.53. The molecule has 0 fully saturated rings. The van der Waals surface area contributed by atoms with Gasteiger partial charge in [0.25, 0.3) is 0 Å². The van der Waals surface area contributed by atoms with Crippen LogP contribution < -0.4 is 0 Å². The molecule has 0 aliphatic heterocycles. The maximum atomic E-state index is 11.4. The molecule has 1 N–H and O–H groups in total. The van der Waals surface area contributed by atoms with E-state index in [1.807, 2.05) is 30.5 Å². The molecule has 0 atom stereocenters. The van der Waals surface area contributed by atoms with Gasteiger partial charge in [-0.25, -0.2) is 4.79 Å². The largest absolute Gasteiger partial charge is 0.464 e. The van der Waals surface area contributed by atoms with Crippen molar-refractivity contribution >= 4 is 29.7 Å². The molecule has 0 spiro atoms. The Morgan fingerprint density at radius 1 is 1.47 bits per heavy atom. The average molecular weight is 228 g/mol. The van der Waals surface area contributed by atoms with Gasteiger partial charge in [0.1, 0.15) is 5.70 Å². The van der Waals surface area contributed by atoms with Gasteiger partial charge in [0.2, 0.25) is 0 Å². The molecule has 4 heteroatoms. The molecule has 0 saturated heterocycles. The Bertz CT molecular complexity index is 596. The molecule has 0 bridgehead atoms. The third-order valence-corrected chi connectivity index (χ3v) is 2.49. The third-order valence-electron chi connectivity index (χ3n) is 2.49. The molecule has 0 aliphatic rings. The zero-order valence-corrected chi connectivity index (χ0v) is 9.43. The minimum atomic E-state index is -0.493. The van der Waals surface area contributed by atoms with Crippen molar-refractivity contribution in [2.45, 2.75) is 0 Å². The van der Waals surface area contributed by atoms with Crippen molar-refractivity contribution in [2.75, 3.05) is 7.11 Å². The van der Waals surface area contributed by atoms with Gasteiger partial charge in [-0.05, 0) is 30.5 Å². The summed E-state index contributed by atoms with van der Waals surface area (Å²) in [4.78, 5) is 18.2. The zero-order valence-electron chi connectivity index (χ0n) is 9.43. The fourth-order valence-corrected chi connectivity index (χ4v) is 1.66.